The average molecular weight is 398 g/mol. The number of benzene rings is 3. The summed E-state index contributed by atoms with van der Waals surface area (Å²) in [5.41, 5.74) is 3.20. The number of hydrogen-bond donors (Lipinski definition) is 1. The second-order valence-corrected chi connectivity index (χ2v) is 7.24. The van der Waals surface area contributed by atoms with Crippen LogP contribution in [0.3, 0.4) is 0 Å². The van der Waals surface area contributed by atoms with Gasteiger partial charge in [0.25, 0.3) is 0 Å². The molecule has 0 radical (unpaired) electrons. The largest absolute Gasteiger partial charge is 0.489 e. The summed E-state index contributed by atoms with van der Waals surface area (Å²) >= 11 is 6.22. The first kappa shape index (κ1) is 20.4. The van der Waals surface area contributed by atoms with E-state index in [-0.39, 0.29) is 11.9 Å². The fraction of sp³-hybridized carbons (Fsp3) is 0.250. The van der Waals surface area contributed by atoms with Gasteiger partial charge in [-0.05, 0) is 47.9 Å². The van der Waals surface area contributed by atoms with Crippen molar-refractivity contribution in [3.05, 3.63) is 100 Å². The number of ether oxygens (including phenoxy) is 1. The summed E-state index contributed by atoms with van der Waals surface area (Å²) < 4.78 is 19.1. The van der Waals surface area contributed by atoms with Gasteiger partial charge in [-0.1, -0.05) is 67.4 Å². The van der Waals surface area contributed by atoms with Crippen LogP contribution in [-0.4, -0.2) is 0 Å². The molecule has 28 heavy (non-hydrogen) atoms. The van der Waals surface area contributed by atoms with Gasteiger partial charge in [-0.25, -0.2) is 4.39 Å². The molecule has 0 heterocycles. The molecule has 0 aromatic heterocycles. The minimum absolute atomic E-state index is 0.247. The van der Waals surface area contributed by atoms with Crippen molar-refractivity contribution in [3.8, 4) is 5.75 Å². The van der Waals surface area contributed by atoms with Crippen LogP contribution in [0.1, 0.15) is 42.5 Å². The summed E-state index contributed by atoms with van der Waals surface area (Å²) in [6.07, 6.45) is 2.15. The minimum Gasteiger partial charge on any atom is -0.489 e. The Kier molecular flexibility index (Phi) is 7.46. The van der Waals surface area contributed by atoms with Crippen LogP contribution in [0.25, 0.3) is 0 Å². The van der Waals surface area contributed by atoms with Crippen LogP contribution in [0.5, 0.6) is 5.75 Å². The van der Waals surface area contributed by atoms with E-state index in [1.165, 1.54) is 17.7 Å². The Bertz CT molecular complexity index is 868. The minimum atomic E-state index is -0.247. The van der Waals surface area contributed by atoms with Gasteiger partial charge in [0.1, 0.15) is 18.2 Å². The Hall–Kier alpha value is -2.36. The molecule has 0 saturated heterocycles. The molecule has 2 nitrogen and oxygen atoms in total. The van der Waals surface area contributed by atoms with E-state index in [0.29, 0.717) is 18.2 Å². The van der Waals surface area contributed by atoms with Crippen LogP contribution in [-0.2, 0) is 13.2 Å². The topological polar surface area (TPSA) is 21.3 Å². The average Bonchev–Trinajstić information content (AvgIpc) is 2.72. The normalized spacial score (nSPS) is 12.0. The lowest BCUT2D eigenvalue weighted by atomic mass is 10.0. The maximum absolute atomic E-state index is 13.1. The molecule has 0 spiro atoms. The van der Waals surface area contributed by atoms with Crippen molar-refractivity contribution in [1.29, 1.82) is 0 Å². The zero-order valence-electron chi connectivity index (χ0n) is 16.0. The van der Waals surface area contributed by atoms with Crippen LogP contribution >= 0.6 is 11.6 Å². The smallest absolute Gasteiger partial charge is 0.124 e. The SMILES string of the molecule is CCCC(NCc1cc(Cl)ccc1OCc1ccc(F)cc1)c1ccccc1. The summed E-state index contributed by atoms with van der Waals surface area (Å²) in [6, 6.07) is 22.7. The highest BCUT2D eigenvalue weighted by molar-refractivity contribution is 6.30. The zero-order valence-corrected chi connectivity index (χ0v) is 16.8. The third-order valence-electron chi connectivity index (χ3n) is 4.65. The summed E-state index contributed by atoms with van der Waals surface area (Å²) in [6.45, 7) is 3.22. The van der Waals surface area contributed by atoms with Gasteiger partial charge in [0.05, 0.1) is 0 Å². The van der Waals surface area contributed by atoms with Gasteiger partial charge in [0, 0.05) is 23.2 Å². The van der Waals surface area contributed by atoms with E-state index >= 15 is 0 Å². The van der Waals surface area contributed by atoms with Crippen LogP contribution in [0, 0.1) is 5.82 Å². The van der Waals surface area contributed by atoms with Crippen LogP contribution in [0.15, 0.2) is 72.8 Å². The van der Waals surface area contributed by atoms with Crippen molar-refractivity contribution in [1.82, 2.24) is 5.32 Å². The lowest BCUT2D eigenvalue weighted by molar-refractivity contribution is 0.301. The predicted octanol–water partition coefficient (Wildman–Crippen LogP) is 6.69. The molecule has 4 heteroatoms. The number of halogens is 2. The highest BCUT2D eigenvalue weighted by atomic mass is 35.5. The molecule has 0 saturated carbocycles. The van der Waals surface area contributed by atoms with Crippen LogP contribution in [0.2, 0.25) is 5.02 Å². The van der Waals surface area contributed by atoms with Crippen LogP contribution < -0.4 is 10.1 Å². The fourth-order valence-electron chi connectivity index (χ4n) is 3.16. The van der Waals surface area contributed by atoms with E-state index < -0.39 is 0 Å². The van der Waals surface area contributed by atoms with Gasteiger partial charge < -0.3 is 10.1 Å². The van der Waals surface area contributed by atoms with Gasteiger partial charge >= 0.3 is 0 Å². The Labute approximate surface area is 171 Å². The van der Waals surface area contributed by atoms with Crippen molar-refractivity contribution in [2.75, 3.05) is 0 Å². The fourth-order valence-corrected chi connectivity index (χ4v) is 3.36. The van der Waals surface area contributed by atoms with Crippen molar-refractivity contribution in [3.63, 3.8) is 0 Å². The molecular formula is C24H25ClFNO. The van der Waals surface area contributed by atoms with E-state index in [1.807, 2.05) is 24.3 Å². The van der Waals surface area contributed by atoms with Gasteiger partial charge in [-0.3, -0.25) is 0 Å². The van der Waals surface area contributed by atoms with Gasteiger partial charge in [0.15, 0.2) is 0 Å². The van der Waals surface area contributed by atoms with Gasteiger partial charge in [-0.15, -0.1) is 0 Å². The van der Waals surface area contributed by atoms with E-state index in [2.05, 4.69) is 36.5 Å². The van der Waals surface area contributed by atoms with E-state index in [4.69, 9.17) is 16.3 Å². The molecule has 1 atom stereocenters. The Balaban J connectivity index is 1.70. The molecule has 0 fully saturated rings. The van der Waals surface area contributed by atoms with E-state index in [0.717, 1.165) is 29.7 Å². The number of hydrogen-bond acceptors (Lipinski definition) is 2. The van der Waals surface area contributed by atoms with Crippen molar-refractivity contribution in [2.45, 2.75) is 39.0 Å². The monoisotopic (exact) mass is 397 g/mol. The molecule has 0 amide bonds. The highest BCUT2D eigenvalue weighted by Crippen LogP contribution is 2.26. The molecule has 3 rings (SSSR count). The lowest BCUT2D eigenvalue weighted by Crippen LogP contribution is -2.21. The molecule has 0 bridgehead atoms. The molecule has 146 valence electrons. The Morgan fingerprint density at radius 2 is 1.75 bits per heavy atom. The second kappa shape index (κ2) is 10.3. The molecule has 0 aliphatic heterocycles. The molecule has 0 aliphatic carbocycles. The predicted molar refractivity (Wildman–Crippen MR) is 113 cm³/mol. The third-order valence-corrected chi connectivity index (χ3v) is 4.88. The quantitative estimate of drug-likeness (QED) is 0.434. The summed E-state index contributed by atoms with van der Waals surface area (Å²) in [5, 5.41) is 4.32. The molecule has 1 unspecified atom stereocenters. The Morgan fingerprint density at radius 1 is 1.00 bits per heavy atom. The molecule has 3 aromatic rings. The summed E-state index contributed by atoms with van der Waals surface area (Å²) in [7, 11) is 0. The van der Waals surface area contributed by atoms with Crippen molar-refractivity contribution >= 4 is 11.6 Å². The molecule has 1 N–H and O–H groups in total. The maximum Gasteiger partial charge on any atom is 0.124 e. The first-order chi connectivity index (χ1) is 13.7. The first-order valence-corrected chi connectivity index (χ1v) is 9.97. The third kappa shape index (κ3) is 5.82. The maximum atomic E-state index is 13.1. The zero-order chi connectivity index (χ0) is 19.8. The summed E-state index contributed by atoms with van der Waals surface area (Å²) in [4.78, 5) is 0. The van der Waals surface area contributed by atoms with E-state index in [1.54, 1.807) is 12.1 Å². The molecule has 3 aromatic carbocycles. The molecule has 0 aliphatic rings. The van der Waals surface area contributed by atoms with Gasteiger partial charge in [0.2, 0.25) is 0 Å². The second-order valence-electron chi connectivity index (χ2n) is 6.80. The first-order valence-electron chi connectivity index (χ1n) is 9.59. The van der Waals surface area contributed by atoms with E-state index in [9.17, 15) is 4.39 Å². The molecular weight excluding hydrogens is 373 g/mol. The van der Waals surface area contributed by atoms with Crippen LogP contribution in [0.4, 0.5) is 4.39 Å². The van der Waals surface area contributed by atoms with Crippen molar-refractivity contribution in [2.24, 2.45) is 0 Å². The summed E-state index contributed by atoms with van der Waals surface area (Å²) in [5.74, 6) is 0.535. The van der Waals surface area contributed by atoms with Crippen molar-refractivity contribution < 1.29 is 9.13 Å². The Morgan fingerprint density at radius 3 is 2.46 bits per heavy atom. The number of rotatable bonds is 9. The van der Waals surface area contributed by atoms with Gasteiger partial charge in [-0.2, -0.15) is 0 Å². The highest BCUT2D eigenvalue weighted by Gasteiger charge is 2.12. The standard InChI is InChI=1S/C24H25ClFNO/c1-2-6-23(19-7-4-3-5-8-19)27-16-20-15-21(25)11-14-24(20)28-17-18-9-12-22(26)13-10-18/h3-5,7-15,23,27H,2,6,16-17H2,1H3. The lowest BCUT2D eigenvalue weighted by Gasteiger charge is -2.20. The number of nitrogens with one attached hydrogen (secondary N) is 1.